The van der Waals surface area contributed by atoms with Crippen molar-refractivity contribution in [3.05, 3.63) is 88.0 Å². The molecule has 228 valence electrons. The molecule has 2 aliphatic carbocycles. The van der Waals surface area contributed by atoms with Crippen LogP contribution in [0.5, 0.6) is 0 Å². The van der Waals surface area contributed by atoms with Crippen molar-refractivity contribution in [1.82, 2.24) is 0 Å². The van der Waals surface area contributed by atoms with E-state index in [1.54, 1.807) is 0 Å². The van der Waals surface area contributed by atoms with Crippen molar-refractivity contribution in [1.29, 1.82) is 0 Å². The molecule has 2 aliphatic rings. The third kappa shape index (κ3) is 9.75. The zero-order chi connectivity index (χ0) is 32.4. The average molecular weight is 658 g/mol. The number of nitrogens with one attached hydrogen (secondary N) is 1. The van der Waals surface area contributed by atoms with Gasteiger partial charge in [-0.3, -0.25) is 0 Å². The predicted octanol–water partition coefficient (Wildman–Crippen LogP) is 12.3. The minimum absolute atomic E-state index is 0.134. The third-order valence-electron chi connectivity index (χ3n) is 9.40. The van der Waals surface area contributed by atoms with E-state index in [4.69, 9.17) is 0 Å². The van der Waals surface area contributed by atoms with Crippen LogP contribution >= 0.6 is 6.37 Å². The molecule has 2 fully saturated rings. The Bertz CT molecular complexity index is 823. The minimum Gasteiger partial charge on any atom is -0.0579 e. The molecule has 0 aliphatic heterocycles. The fraction of sp³-hybridized carbons (Fsp3) is 0.579. The Kier molecular flexibility index (Phi) is 14.1. The van der Waals surface area contributed by atoms with E-state index in [-0.39, 0.29) is 16.2 Å². The molecule has 2 saturated carbocycles. The van der Waals surface area contributed by atoms with Crippen molar-refractivity contribution in [2.75, 3.05) is 5.09 Å². The Morgan fingerprint density at radius 1 is 0.439 bits per heavy atom. The summed E-state index contributed by atoms with van der Waals surface area (Å²) >= 11 is 2.08. The van der Waals surface area contributed by atoms with Gasteiger partial charge in [-0.2, -0.15) is 0 Å². The summed E-state index contributed by atoms with van der Waals surface area (Å²) in [6, 6.07) is 4.81. The van der Waals surface area contributed by atoms with Gasteiger partial charge >= 0.3 is 143 Å². The van der Waals surface area contributed by atoms with Crippen molar-refractivity contribution in [2.45, 2.75) is 148 Å². The Morgan fingerprint density at radius 2 is 0.659 bits per heavy atom. The maximum absolute atomic E-state index is 3.61. The smallest absolute Gasteiger partial charge is 0.0130 e. The van der Waals surface area contributed by atoms with E-state index in [1.165, 1.54) is 87.9 Å². The van der Waals surface area contributed by atoms with E-state index in [0.717, 1.165) is 0 Å². The molecule has 1 N–H and O–H groups in total. The molecule has 0 heterocycles. The van der Waals surface area contributed by atoms with Gasteiger partial charge in [0.05, 0.1) is 0 Å². The first-order valence-electron chi connectivity index (χ1n) is 15.1. The number of rotatable bonds is 2. The first kappa shape index (κ1) is 39.0. The monoisotopic (exact) mass is 659 g/mol. The Morgan fingerprint density at radius 3 is 0.805 bits per heavy atom. The van der Waals surface area contributed by atoms with Gasteiger partial charge in [0.1, 0.15) is 0 Å². The van der Waals surface area contributed by atoms with E-state index in [1.807, 2.05) is 0 Å². The van der Waals surface area contributed by atoms with Gasteiger partial charge in [-0.05, 0) is 59.2 Å². The summed E-state index contributed by atoms with van der Waals surface area (Å²) in [7, 11) is 0. The Hall–Kier alpha value is 0.00831. The fourth-order valence-corrected chi connectivity index (χ4v) is 6.24. The number of anilines is 1. The Labute approximate surface area is 270 Å². The van der Waals surface area contributed by atoms with Crippen molar-refractivity contribution in [2.24, 2.45) is 0 Å². The fourth-order valence-electron chi connectivity index (χ4n) is 5.24. The quantitative estimate of drug-likeness (QED) is 0.247. The maximum Gasteiger partial charge on any atom is -0.0130 e. The van der Waals surface area contributed by atoms with Crippen LogP contribution in [0, 0.1) is 59.2 Å². The summed E-state index contributed by atoms with van der Waals surface area (Å²) in [5.41, 5.74) is 6.05. The maximum atomic E-state index is 3.61. The molecular weight excluding hydrogens is 597 g/mol. The van der Waals surface area contributed by atoms with Crippen LogP contribution in [0.15, 0.2) is 12.1 Å². The molecule has 3 heteroatoms. The molecule has 1 aromatic rings. The standard InChI is InChI=1S/C18H30NP.2C10H15.Mo/c1-16(2,3)12-10-13(17(4,5)6)15(19-20)14(11-12)18(7,8)9;2*1-6-7(2)9(4)10(5)8(6)3;/h10-11,19H,1-9H3;2*1-5H3;. The molecule has 3 rings (SSSR count). The topological polar surface area (TPSA) is 12.0 Å². The van der Waals surface area contributed by atoms with Crippen LogP contribution in [-0.2, 0) is 35.1 Å². The first-order valence-corrected chi connectivity index (χ1v) is 18.6. The summed E-state index contributed by atoms with van der Waals surface area (Å²) in [6.45, 7) is 42.7. The summed E-state index contributed by atoms with van der Waals surface area (Å²) in [5.74, 6) is 14.7. The van der Waals surface area contributed by atoms with Crippen LogP contribution in [0.2, 0.25) is 0 Å². The van der Waals surface area contributed by atoms with E-state index in [2.05, 4.69) is 168 Å². The molecule has 0 saturated heterocycles. The summed E-state index contributed by atoms with van der Waals surface area (Å²) in [5, 5.41) is 3.61. The summed E-state index contributed by atoms with van der Waals surface area (Å²) < 4.78 is 0. The van der Waals surface area contributed by atoms with E-state index in [0.29, 0.717) is 0 Å². The van der Waals surface area contributed by atoms with E-state index < -0.39 is 0 Å². The van der Waals surface area contributed by atoms with E-state index >= 15 is 0 Å². The van der Waals surface area contributed by atoms with Crippen molar-refractivity contribution in [3.63, 3.8) is 0 Å². The van der Waals surface area contributed by atoms with Crippen molar-refractivity contribution in [3.8, 4) is 0 Å². The zero-order valence-corrected chi connectivity index (χ0v) is 32.9. The predicted molar refractivity (Wildman–Crippen MR) is 182 cm³/mol. The van der Waals surface area contributed by atoms with Crippen molar-refractivity contribution >= 4 is 12.1 Å². The third-order valence-corrected chi connectivity index (χ3v) is 10.4. The molecule has 41 heavy (non-hydrogen) atoms. The summed E-state index contributed by atoms with van der Waals surface area (Å²) in [4.78, 5) is 0. The van der Waals surface area contributed by atoms with Gasteiger partial charge in [0.15, 0.2) is 0 Å². The number of hydrogen-bond donors (Lipinski definition) is 1. The number of benzene rings is 1. The Balaban J connectivity index is 0.000000348. The molecule has 0 bridgehead atoms. The summed E-state index contributed by atoms with van der Waals surface area (Å²) in [6.07, 6.45) is 1.21. The van der Waals surface area contributed by atoms with Gasteiger partial charge in [0, 0.05) is 0 Å². The average Bonchev–Trinajstić information content (AvgIpc) is 3.12. The molecule has 0 spiro atoms. The van der Waals surface area contributed by atoms with Gasteiger partial charge in [-0.25, -0.2) is 0 Å². The second-order valence-corrected chi connectivity index (χ2v) is 16.9. The largest absolute Gasteiger partial charge is 0.0579 e. The van der Waals surface area contributed by atoms with Gasteiger partial charge in [0.25, 0.3) is 0 Å². The molecule has 0 aromatic heterocycles. The van der Waals surface area contributed by atoms with Crippen molar-refractivity contribution < 1.29 is 18.8 Å². The van der Waals surface area contributed by atoms with Crippen LogP contribution < -0.4 is 5.09 Å². The first-order chi connectivity index (χ1) is 18.4. The molecule has 0 atom stereocenters. The molecule has 10 radical (unpaired) electrons. The normalized spacial score (nSPS) is 20.9. The second-order valence-electron chi connectivity index (χ2n) is 15.1. The minimum atomic E-state index is 0.134. The van der Waals surface area contributed by atoms with Crippen LogP contribution in [0.1, 0.15) is 148 Å². The second kappa shape index (κ2) is 14.9. The van der Waals surface area contributed by atoms with Crippen LogP contribution in [-0.4, -0.2) is 0 Å². The van der Waals surface area contributed by atoms with Gasteiger partial charge < -0.3 is 0 Å². The van der Waals surface area contributed by atoms with Gasteiger partial charge in [-0.15, -0.1) is 0 Å². The molecular formula is C38H60MoNP. The number of hydrogen-bond acceptors (Lipinski definition) is 1. The van der Waals surface area contributed by atoms with E-state index in [9.17, 15) is 0 Å². The molecule has 1 nitrogen and oxygen atoms in total. The molecule has 0 amide bonds. The van der Waals surface area contributed by atoms with Crippen LogP contribution in [0.25, 0.3) is 0 Å². The molecule has 0 unspecified atom stereocenters. The van der Waals surface area contributed by atoms with Gasteiger partial charge in [0.2, 0.25) is 0 Å². The van der Waals surface area contributed by atoms with Gasteiger partial charge in [-0.1, -0.05) is 69.2 Å². The van der Waals surface area contributed by atoms with Crippen LogP contribution in [0.4, 0.5) is 5.69 Å². The zero-order valence-electron chi connectivity index (χ0n) is 30.0. The SMILES string of the molecule is CC(C)(C)c1cc(C(C)(C)C)c(N[P]=[Mo])c(C(C)(C)C)c1.C[C]1[C](C)[C](C)[C](C)[C]1C.C[C]1[C](C)[C](C)[C](C)[C]1C. The van der Waals surface area contributed by atoms with Crippen LogP contribution in [0.3, 0.4) is 0 Å². The molecule has 1 aromatic carbocycles.